The van der Waals surface area contributed by atoms with Gasteiger partial charge in [0.05, 0.1) is 24.6 Å². The van der Waals surface area contributed by atoms with Crippen LogP contribution in [0.4, 0.5) is 5.82 Å². The number of hydrogen-bond acceptors (Lipinski definition) is 4. The summed E-state index contributed by atoms with van der Waals surface area (Å²) >= 11 is 0. The van der Waals surface area contributed by atoms with Crippen molar-refractivity contribution in [3.8, 4) is 16.9 Å². The fourth-order valence-corrected chi connectivity index (χ4v) is 4.30. The zero-order chi connectivity index (χ0) is 21.4. The molecule has 1 aliphatic rings. The van der Waals surface area contributed by atoms with E-state index in [0.717, 1.165) is 46.1 Å². The highest BCUT2D eigenvalue weighted by Crippen LogP contribution is 2.42. The highest BCUT2D eigenvalue weighted by molar-refractivity contribution is 6.05. The highest BCUT2D eigenvalue weighted by Gasteiger charge is 2.30. The fraction of sp³-hybridized carbons (Fsp3) is 0.192. The molecule has 154 valence electrons. The Bertz CT molecular complexity index is 1260. The summed E-state index contributed by atoms with van der Waals surface area (Å²) < 4.78 is 7.40. The monoisotopic (exact) mass is 408 g/mol. The van der Waals surface area contributed by atoms with Crippen molar-refractivity contribution in [1.82, 2.24) is 14.8 Å². The van der Waals surface area contributed by atoms with E-state index >= 15 is 0 Å². The molecule has 5 rings (SSSR count). The van der Waals surface area contributed by atoms with Gasteiger partial charge in [-0.2, -0.15) is 5.10 Å². The van der Waals surface area contributed by atoms with Crippen molar-refractivity contribution in [3.63, 3.8) is 0 Å². The van der Waals surface area contributed by atoms with Gasteiger partial charge in [-0.1, -0.05) is 42.5 Å². The summed E-state index contributed by atoms with van der Waals surface area (Å²) in [5.41, 5.74) is 7.72. The fourth-order valence-electron chi connectivity index (χ4n) is 4.30. The van der Waals surface area contributed by atoms with Gasteiger partial charge in [0.15, 0.2) is 5.82 Å². The molecule has 1 atom stereocenters. The van der Waals surface area contributed by atoms with Crippen molar-refractivity contribution in [2.24, 2.45) is 4.99 Å². The first-order valence-corrected chi connectivity index (χ1v) is 10.4. The zero-order valence-corrected chi connectivity index (χ0v) is 17.9. The zero-order valence-electron chi connectivity index (χ0n) is 17.9. The first kappa shape index (κ1) is 19.2. The number of ether oxygens (including phenoxy) is 1. The van der Waals surface area contributed by atoms with E-state index in [2.05, 4.69) is 59.1 Å². The van der Waals surface area contributed by atoms with Crippen LogP contribution in [0, 0.1) is 13.8 Å². The molecule has 0 fully saturated rings. The van der Waals surface area contributed by atoms with Crippen LogP contribution in [0.3, 0.4) is 0 Å². The minimum atomic E-state index is 0.0431. The van der Waals surface area contributed by atoms with Crippen molar-refractivity contribution in [3.05, 3.63) is 95.4 Å². The molecule has 0 saturated carbocycles. The van der Waals surface area contributed by atoms with E-state index in [9.17, 15) is 0 Å². The number of nitrogens with zero attached hydrogens (tertiary/aromatic N) is 4. The lowest BCUT2D eigenvalue weighted by atomic mass is 9.94. The van der Waals surface area contributed by atoms with Gasteiger partial charge in [-0.3, -0.25) is 4.98 Å². The largest absolute Gasteiger partial charge is 0.497 e. The normalized spacial score (nSPS) is 15.3. The summed E-state index contributed by atoms with van der Waals surface area (Å²) in [4.78, 5) is 9.52. The van der Waals surface area contributed by atoms with E-state index in [1.54, 1.807) is 13.3 Å². The molecule has 0 saturated heterocycles. The Morgan fingerprint density at radius 1 is 0.968 bits per heavy atom. The number of rotatable bonds is 4. The molecule has 0 spiro atoms. The van der Waals surface area contributed by atoms with Crippen LogP contribution in [-0.2, 0) is 0 Å². The van der Waals surface area contributed by atoms with Gasteiger partial charge in [0, 0.05) is 24.4 Å². The summed E-state index contributed by atoms with van der Waals surface area (Å²) in [6.45, 7) is 4.19. The predicted molar refractivity (Wildman–Crippen MR) is 123 cm³/mol. The summed E-state index contributed by atoms with van der Waals surface area (Å²) in [7, 11) is 1.68. The van der Waals surface area contributed by atoms with Gasteiger partial charge >= 0.3 is 0 Å². The molecule has 2 aromatic carbocycles. The maximum absolute atomic E-state index is 5.34. The smallest absolute Gasteiger partial charge is 0.159 e. The second-order valence-corrected chi connectivity index (χ2v) is 7.84. The Morgan fingerprint density at radius 2 is 1.77 bits per heavy atom. The molecule has 0 N–H and O–H groups in total. The number of aryl methyl sites for hydroxylation is 2. The van der Waals surface area contributed by atoms with Gasteiger partial charge in [0.2, 0.25) is 0 Å². The lowest BCUT2D eigenvalue weighted by molar-refractivity contribution is 0.415. The Labute approximate surface area is 182 Å². The third-order valence-corrected chi connectivity index (χ3v) is 5.89. The maximum Gasteiger partial charge on any atom is 0.159 e. The van der Waals surface area contributed by atoms with E-state index in [1.165, 1.54) is 11.1 Å². The van der Waals surface area contributed by atoms with E-state index in [-0.39, 0.29) is 6.04 Å². The van der Waals surface area contributed by atoms with Gasteiger partial charge < -0.3 is 4.74 Å². The van der Waals surface area contributed by atoms with Crippen LogP contribution in [0.15, 0.2) is 78.0 Å². The van der Waals surface area contributed by atoms with E-state index in [0.29, 0.717) is 0 Å². The minimum absolute atomic E-state index is 0.0431. The maximum atomic E-state index is 5.34. The average Bonchev–Trinajstić information content (AvgIpc) is 3.15. The second-order valence-electron chi connectivity index (χ2n) is 7.84. The summed E-state index contributed by atoms with van der Waals surface area (Å²) in [5, 5.41) is 4.93. The molecule has 2 aromatic heterocycles. The van der Waals surface area contributed by atoms with Crippen LogP contribution in [0.5, 0.6) is 5.75 Å². The number of benzene rings is 2. The average molecular weight is 409 g/mol. The topological polar surface area (TPSA) is 52.3 Å². The van der Waals surface area contributed by atoms with Crippen molar-refractivity contribution in [2.45, 2.75) is 26.3 Å². The molecule has 0 bridgehead atoms. The Kier molecular flexibility index (Phi) is 4.86. The summed E-state index contributed by atoms with van der Waals surface area (Å²) in [6.07, 6.45) is 4.51. The molecule has 0 unspecified atom stereocenters. The van der Waals surface area contributed by atoms with Gasteiger partial charge in [-0.25, -0.2) is 9.67 Å². The molecule has 0 amide bonds. The van der Waals surface area contributed by atoms with Gasteiger partial charge in [-0.15, -0.1) is 0 Å². The third-order valence-electron chi connectivity index (χ3n) is 5.89. The minimum Gasteiger partial charge on any atom is -0.497 e. The number of hydrogen-bond donors (Lipinski definition) is 0. The van der Waals surface area contributed by atoms with Crippen LogP contribution in [0.25, 0.3) is 11.1 Å². The molecule has 5 nitrogen and oxygen atoms in total. The molecule has 4 aromatic rings. The van der Waals surface area contributed by atoms with E-state index in [1.807, 2.05) is 31.3 Å². The summed E-state index contributed by atoms with van der Waals surface area (Å²) in [5.74, 6) is 1.72. The molecule has 0 radical (unpaired) electrons. The van der Waals surface area contributed by atoms with Crippen molar-refractivity contribution < 1.29 is 4.74 Å². The SMILES string of the molecule is COc1ccc(-c2c(C)nn3c2N=C(c2ccccc2C)C[C@H]3c2cccnc2)cc1. The summed E-state index contributed by atoms with van der Waals surface area (Å²) in [6, 6.07) is 20.7. The Morgan fingerprint density at radius 3 is 2.48 bits per heavy atom. The molecular formula is C26H24N4O. The molecular weight excluding hydrogens is 384 g/mol. The number of fused-ring (bicyclic) bond motifs is 1. The van der Waals surface area contributed by atoms with Crippen molar-refractivity contribution in [1.29, 1.82) is 0 Å². The second kappa shape index (κ2) is 7.84. The van der Waals surface area contributed by atoms with Crippen LogP contribution < -0.4 is 4.74 Å². The highest BCUT2D eigenvalue weighted by atomic mass is 16.5. The lowest BCUT2D eigenvalue weighted by Crippen LogP contribution is -2.21. The first-order chi connectivity index (χ1) is 15.2. The van der Waals surface area contributed by atoms with Crippen LogP contribution >= 0.6 is 0 Å². The van der Waals surface area contributed by atoms with E-state index < -0.39 is 0 Å². The molecule has 5 heteroatoms. The number of pyridine rings is 1. The number of aliphatic imine (C=N–C) groups is 1. The standard InChI is InChI=1S/C26H24N4O/c1-17-7-4-5-9-22(17)23-15-24(20-8-6-14-27-16-20)30-26(28-23)25(18(2)29-30)19-10-12-21(31-3)13-11-19/h4-14,16,24H,15H2,1-3H3/t24-/m0/s1. The van der Waals surface area contributed by atoms with Crippen molar-refractivity contribution >= 4 is 11.5 Å². The quantitative estimate of drug-likeness (QED) is 0.436. The van der Waals surface area contributed by atoms with Crippen LogP contribution in [0.2, 0.25) is 0 Å². The van der Waals surface area contributed by atoms with Gasteiger partial charge in [-0.05, 0) is 54.3 Å². The van der Waals surface area contributed by atoms with Gasteiger partial charge in [0.25, 0.3) is 0 Å². The molecule has 1 aliphatic heterocycles. The molecule has 0 aliphatic carbocycles. The molecule has 31 heavy (non-hydrogen) atoms. The van der Waals surface area contributed by atoms with Crippen LogP contribution in [-0.4, -0.2) is 27.6 Å². The Balaban J connectivity index is 1.72. The molecule has 3 heterocycles. The predicted octanol–water partition coefficient (Wildman–Crippen LogP) is 5.68. The number of methoxy groups -OCH3 is 1. The number of aromatic nitrogens is 3. The van der Waals surface area contributed by atoms with Crippen molar-refractivity contribution in [2.75, 3.05) is 7.11 Å². The Hall–Kier alpha value is -3.73. The van der Waals surface area contributed by atoms with E-state index in [4.69, 9.17) is 14.8 Å². The van der Waals surface area contributed by atoms with Gasteiger partial charge in [0.1, 0.15) is 5.75 Å². The third kappa shape index (κ3) is 3.42. The first-order valence-electron chi connectivity index (χ1n) is 10.4. The lowest BCUT2D eigenvalue weighted by Gasteiger charge is -2.25. The van der Waals surface area contributed by atoms with Crippen LogP contribution in [0.1, 0.15) is 34.8 Å².